The summed E-state index contributed by atoms with van der Waals surface area (Å²) in [6.07, 6.45) is 9.21. The minimum atomic E-state index is -3.15. The summed E-state index contributed by atoms with van der Waals surface area (Å²) in [5.74, 6) is 2.60. The van der Waals surface area contributed by atoms with Gasteiger partial charge in [-0.2, -0.15) is 0 Å². The topological polar surface area (TPSA) is 105 Å². The SMILES string of the molecule is CS(=O)(=O)N1CCC(CNC(=O)c2cnc3c(c2)OCCN3c2cc(C3CC3)nc(C3CC3)c2)CC1. The van der Waals surface area contributed by atoms with Crippen LogP contribution in [0.2, 0.25) is 0 Å². The van der Waals surface area contributed by atoms with E-state index in [0.717, 1.165) is 24.3 Å². The van der Waals surface area contributed by atoms with E-state index in [0.29, 0.717) is 55.9 Å². The van der Waals surface area contributed by atoms with Gasteiger partial charge in [-0.1, -0.05) is 0 Å². The summed E-state index contributed by atoms with van der Waals surface area (Å²) in [4.78, 5) is 24.7. The van der Waals surface area contributed by atoms with Gasteiger partial charge < -0.3 is 15.0 Å². The van der Waals surface area contributed by atoms with Gasteiger partial charge >= 0.3 is 0 Å². The van der Waals surface area contributed by atoms with Crippen LogP contribution in [0.3, 0.4) is 0 Å². The second-order valence-corrected chi connectivity index (χ2v) is 12.6. The Kier molecular flexibility index (Phi) is 6.11. The fourth-order valence-corrected chi connectivity index (χ4v) is 6.02. The molecule has 0 atom stereocenters. The number of anilines is 2. The van der Waals surface area contributed by atoms with E-state index in [1.165, 1.54) is 47.6 Å². The quantitative estimate of drug-likeness (QED) is 0.609. The monoisotopic (exact) mass is 511 g/mol. The van der Waals surface area contributed by atoms with E-state index in [2.05, 4.69) is 27.3 Å². The first-order chi connectivity index (χ1) is 17.3. The lowest BCUT2D eigenvalue weighted by atomic mass is 9.98. The number of ether oxygens (including phenoxy) is 1. The van der Waals surface area contributed by atoms with Gasteiger partial charge in [0.15, 0.2) is 11.6 Å². The number of nitrogens with zero attached hydrogens (tertiary/aromatic N) is 4. The van der Waals surface area contributed by atoms with Crippen LogP contribution >= 0.6 is 0 Å². The Labute approximate surface area is 212 Å². The van der Waals surface area contributed by atoms with E-state index in [1.807, 2.05) is 0 Å². The van der Waals surface area contributed by atoms with E-state index in [4.69, 9.17) is 9.72 Å². The molecule has 1 amide bonds. The summed E-state index contributed by atoms with van der Waals surface area (Å²) >= 11 is 0. The molecule has 9 nitrogen and oxygen atoms in total. The van der Waals surface area contributed by atoms with Crippen LogP contribution in [0.25, 0.3) is 0 Å². The van der Waals surface area contributed by atoms with Crippen LogP contribution in [0.1, 0.15) is 72.1 Å². The Morgan fingerprint density at radius 2 is 1.69 bits per heavy atom. The van der Waals surface area contributed by atoms with E-state index >= 15 is 0 Å². The average Bonchev–Trinajstić information content (AvgIpc) is 3.78. The van der Waals surface area contributed by atoms with Crippen molar-refractivity contribution in [2.24, 2.45) is 5.92 Å². The summed E-state index contributed by atoms with van der Waals surface area (Å²) in [5.41, 5.74) is 3.97. The van der Waals surface area contributed by atoms with Crippen molar-refractivity contribution in [2.75, 3.05) is 43.9 Å². The van der Waals surface area contributed by atoms with Crippen molar-refractivity contribution in [2.45, 2.75) is 50.4 Å². The molecule has 3 fully saturated rings. The minimum absolute atomic E-state index is 0.187. The lowest BCUT2D eigenvalue weighted by Gasteiger charge is -2.31. The van der Waals surface area contributed by atoms with Gasteiger partial charge in [0.05, 0.1) is 18.4 Å². The Bertz CT molecular complexity index is 1240. The van der Waals surface area contributed by atoms with Crippen molar-refractivity contribution in [3.05, 3.63) is 41.3 Å². The molecule has 6 rings (SSSR count). The van der Waals surface area contributed by atoms with Crippen molar-refractivity contribution in [3.63, 3.8) is 0 Å². The lowest BCUT2D eigenvalue weighted by Crippen LogP contribution is -2.41. The van der Waals surface area contributed by atoms with E-state index < -0.39 is 10.0 Å². The molecule has 1 N–H and O–H groups in total. The molecule has 2 aromatic rings. The number of hydrogen-bond donors (Lipinski definition) is 1. The second-order valence-electron chi connectivity index (χ2n) is 10.6. The summed E-state index contributed by atoms with van der Waals surface area (Å²) < 4.78 is 30.8. The third kappa shape index (κ3) is 5.06. The molecule has 2 aliphatic carbocycles. The number of piperidine rings is 1. The van der Waals surface area contributed by atoms with Crippen molar-refractivity contribution in [1.29, 1.82) is 0 Å². The van der Waals surface area contributed by atoms with Gasteiger partial charge in [0, 0.05) is 54.7 Å². The molecular formula is C26H33N5O4S. The molecule has 0 aromatic carbocycles. The molecule has 36 heavy (non-hydrogen) atoms. The maximum absolute atomic E-state index is 12.9. The van der Waals surface area contributed by atoms with E-state index in [1.54, 1.807) is 12.3 Å². The summed E-state index contributed by atoms with van der Waals surface area (Å²) in [7, 11) is -3.15. The summed E-state index contributed by atoms with van der Waals surface area (Å²) in [6, 6.07) is 6.19. The Hall–Kier alpha value is -2.72. The number of pyridine rings is 2. The highest BCUT2D eigenvalue weighted by Gasteiger charge is 2.32. The number of nitrogens with one attached hydrogen (secondary N) is 1. The van der Waals surface area contributed by atoms with Crippen molar-refractivity contribution >= 4 is 27.4 Å². The zero-order valence-corrected chi connectivity index (χ0v) is 21.5. The molecule has 0 radical (unpaired) electrons. The zero-order chi connectivity index (χ0) is 24.9. The Morgan fingerprint density at radius 3 is 2.31 bits per heavy atom. The second kappa shape index (κ2) is 9.30. The number of aromatic nitrogens is 2. The number of carbonyl (C=O) groups is 1. The van der Waals surface area contributed by atoms with Crippen LogP contribution in [-0.4, -0.2) is 67.6 Å². The average molecular weight is 512 g/mol. The highest BCUT2D eigenvalue weighted by Crippen LogP contribution is 2.46. The van der Waals surface area contributed by atoms with E-state index in [9.17, 15) is 13.2 Å². The molecule has 2 saturated carbocycles. The smallest absolute Gasteiger partial charge is 0.252 e. The predicted molar refractivity (Wildman–Crippen MR) is 136 cm³/mol. The van der Waals surface area contributed by atoms with Crippen molar-refractivity contribution in [1.82, 2.24) is 19.6 Å². The number of hydrogen-bond acceptors (Lipinski definition) is 7. The van der Waals surface area contributed by atoms with Crippen LogP contribution in [0.5, 0.6) is 5.75 Å². The Morgan fingerprint density at radius 1 is 1.03 bits per heavy atom. The third-order valence-corrected chi connectivity index (χ3v) is 8.97. The number of fused-ring (bicyclic) bond motifs is 1. The molecule has 0 unspecified atom stereocenters. The van der Waals surface area contributed by atoms with Gasteiger partial charge in [-0.15, -0.1) is 0 Å². The lowest BCUT2D eigenvalue weighted by molar-refractivity contribution is 0.0940. The van der Waals surface area contributed by atoms with Crippen molar-refractivity contribution < 1.29 is 17.9 Å². The first-order valence-corrected chi connectivity index (χ1v) is 14.9. The molecule has 4 heterocycles. The largest absolute Gasteiger partial charge is 0.488 e. The van der Waals surface area contributed by atoms with Crippen LogP contribution in [0.4, 0.5) is 11.5 Å². The van der Waals surface area contributed by atoms with Gasteiger partial charge in [-0.25, -0.2) is 17.7 Å². The van der Waals surface area contributed by atoms with E-state index in [-0.39, 0.29) is 11.8 Å². The van der Waals surface area contributed by atoms with Crippen LogP contribution < -0.4 is 15.0 Å². The summed E-state index contributed by atoms with van der Waals surface area (Å²) in [5, 5.41) is 3.00. The van der Waals surface area contributed by atoms with Crippen LogP contribution in [0.15, 0.2) is 24.4 Å². The number of amides is 1. The number of sulfonamides is 1. The Balaban J connectivity index is 1.14. The minimum Gasteiger partial charge on any atom is -0.488 e. The molecule has 192 valence electrons. The zero-order valence-electron chi connectivity index (χ0n) is 20.6. The van der Waals surface area contributed by atoms with Gasteiger partial charge in [-0.05, 0) is 62.6 Å². The van der Waals surface area contributed by atoms with Crippen LogP contribution in [0, 0.1) is 5.92 Å². The fourth-order valence-electron chi connectivity index (χ4n) is 5.15. The molecular weight excluding hydrogens is 478 g/mol. The molecule has 4 aliphatic rings. The first kappa shape index (κ1) is 23.7. The predicted octanol–water partition coefficient (Wildman–Crippen LogP) is 3.16. The highest BCUT2D eigenvalue weighted by molar-refractivity contribution is 7.88. The molecule has 1 saturated heterocycles. The maximum Gasteiger partial charge on any atom is 0.252 e. The van der Waals surface area contributed by atoms with Crippen molar-refractivity contribution in [3.8, 4) is 5.75 Å². The molecule has 2 aromatic heterocycles. The molecule has 0 bridgehead atoms. The number of carbonyl (C=O) groups excluding carboxylic acids is 1. The van der Waals surface area contributed by atoms with Crippen LogP contribution in [-0.2, 0) is 10.0 Å². The summed E-state index contributed by atoms with van der Waals surface area (Å²) in [6.45, 7) is 2.76. The van der Waals surface area contributed by atoms with Gasteiger partial charge in [0.1, 0.15) is 6.61 Å². The normalized spacial score (nSPS) is 21.1. The van der Waals surface area contributed by atoms with Gasteiger partial charge in [0.2, 0.25) is 10.0 Å². The maximum atomic E-state index is 12.9. The standard InChI is InChI=1S/C26H33N5O4S/c1-36(33,34)30-8-6-17(7-9-30)15-28-26(32)20-12-24-25(27-16-20)31(10-11-35-24)21-13-22(18-2-3-18)29-23(14-21)19-4-5-19/h12-14,16-19H,2-11,15H2,1H3,(H,28,32). The molecule has 2 aliphatic heterocycles. The van der Waals surface area contributed by atoms with Gasteiger partial charge in [0.25, 0.3) is 5.91 Å². The number of rotatable bonds is 7. The van der Waals surface area contributed by atoms with Gasteiger partial charge in [-0.3, -0.25) is 9.78 Å². The third-order valence-electron chi connectivity index (χ3n) is 7.67. The molecule has 10 heteroatoms. The highest BCUT2D eigenvalue weighted by atomic mass is 32.2. The molecule has 0 spiro atoms. The first-order valence-electron chi connectivity index (χ1n) is 13.0. The fraction of sp³-hybridized carbons (Fsp3) is 0.577.